The summed E-state index contributed by atoms with van der Waals surface area (Å²) in [5.41, 5.74) is 0.425. The van der Waals surface area contributed by atoms with Gasteiger partial charge in [0.1, 0.15) is 5.82 Å². The van der Waals surface area contributed by atoms with Gasteiger partial charge in [-0.3, -0.25) is 9.59 Å². The van der Waals surface area contributed by atoms with Crippen LogP contribution in [0.25, 0.3) is 0 Å². The van der Waals surface area contributed by atoms with Gasteiger partial charge in [-0.15, -0.1) is 11.3 Å². The van der Waals surface area contributed by atoms with Gasteiger partial charge in [-0.05, 0) is 49.8 Å². The molecule has 6 heteroatoms. The van der Waals surface area contributed by atoms with Crippen molar-refractivity contribution in [1.29, 1.82) is 0 Å². The van der Waals surface area contributed by atoms with Gasteiger partial charge in [-0.1, -0.05) is 6.07 Å². The minimum absolute atomic E-state index is 0.113. The van der Waals surface area contributed by atoms with Crippen LogP contribution >= 0.6 is 11.3 Å². The first-order valence-electron chi connectivity index (χ1n) is 7.72. The summed E-state index contributed by atoms with van der Waals surface area (Å²) in [6.07, 6.45) is 0.240. The number of benzene rings is 1. The van der Waals surface area contributed by atoms with Crippen LogP contribution < -0.4 is 5.32 Å². The molecule has 0 aliphatic heterocycles. The Morgan fingerprint density at radius 2 is 1.88 bits per heavy atom. The Labute approximate surface area is 145 Å². The quantitative estimate of drug-likeness (QED) is 0.745. The molecule has 2 rings (SSSR count). The number of amides is 1. The van der Waals surface area contributed by atoms with E-state index in [0.717, 1.165) is 0 Å². The second-order valence-electron chi connectivity index (χ2n) is 5.73. The van der Waals surface area contributed by atoms with Gasteiger partial charge in [0, 0.05) is 29.8 Å². The number of carbonyl (C=O) groups is 2. The van der Waals surface area contributed by atoms with Crippen LogP contribution in [-0.4, -0.2) is 37.2 Å². The first-order valence-corrected chi connectivity index (χ1v) is 8.60. The number of ketones is 1. The summed E-state index contributed by atoms with van der Waals surface area (Å²) in [4.78, 5) is 27.2. The molecule has 2 aromatic rings. The van der Waals surface area contributed by atoms with Crippen LogP contribution in [0.3, 0.4) is 0 Å². The molecule has 1 unspecified atom stereocenters. The maximum atomic E-state index is 12.8. The molecule has 1 atom stereocenters. The fraction of sp³-hybridized carbons (Fsp3) is 0.333. The molecule has 128 valence electrons. The molecule has 0 bridgehead atoms. The summed E-state index contributed by atoms with van der Waals surface area (Å²) < 4.78 is 12.8. The summed E-state index contributed by atoms with van der Waals surface area (Å²) in [5, 5.41) is 4.89. The van der Waals surface area contributed by atoms with Crippen molar-refractivity contribution in [3.05, 3.63) is 58.0 Å². The summed E-state index contributed by atoms with van der Waals surface area (Å²) in [6, 6.07) is 9.51. The smallest absolute Gasteiger partial charge is 0.220 e. The minimum atomic E-state index is -0.382. The fourth-order valence-electron chi connectivity index (χ4n) is 2.32. The maximum Gasteiger partial charge on any atom is 0.220 e. The van der Waals surface area contributed by atoms with E-state index < -0.39 is 0 Å². The number of rotatable bonds is 8. The van der Waals surface area contributed by atoms with E-state index in [-0.39, 0.29) is 36.4 Å². The van der Waals surface area contributed by atoms with Crippen LogP contribution in [0.15, 0.2) is 41.8 Å². The standard InChI is InChI=1S/C18H21FN2O2S/c1-21(2)15(17-4-3-11-24-17)12-20-18(23)10-9-16(22)13-5-7-14(19)8-6-13/h3-8,11,15H,9-10,12H2,1-2H3,(H,20,23). The Morgan fingerprint density at radius 3 is 2.46 bits per heavy atom. The number of nitrogens with zero attached hydrogens (tertiary/aromatic N) is 1. The van der Waals surface area contributed by atoms with E-state index in [4.69, 9.17) is 0 Å². The lowest BCUT2D eigenvalue weighted by molar-refractivity contribution is -0.121. The van der Waals surface area contributed by atoms with Gasteiger partial charge < -0.3 is 10.2 Å². The summed E-state index contributed by atoms with van der Waals surface area (Å²) in [5.74, 6) is -0.700. The van der Waals surface area contributed by atoms with Crippen LogP contribution in [0.4, 0.5) is 4.39 Å². The van der Waals surface area contributed by atoms with Crippen molar-refractivity contribution in [2.75, 3.05) is 20.6 Å². The third-order valence-electron chi connectivity index (χ3n) is 3.73. The molecule has 0 aliphatic rings. The van der Waals surface area contributed by atoms with Crippen molar-refractivity contribution >= 4 is 23.0 Å². The molecular formula is C18H21FN2O2S. The lowest BCUT2D eigenvalue weighted by Gasteiger charge is -2.23. The molecule has 1 amide bonds. The van der Waals surface area contributed by atoms with Crippen LogP contribution in [0.5, 0.6) is 0 Å². The third kappa shape index (κ3) is 5.25. The van der Waals surface area contributed by atoms with E-state index in [1.807, 2.05) is 31.6 Å². The first kappa shape index (κ1) is 18.3. The van der Waals surface area contributed by atoms with Gasteiger partial charge in [0.2, 0.25) is 5.91 Å². The Hall–Kier alpha value is -2.05. The summed E-state index contributed by atoms with van der Waals surface area (Å²) >= 11 is 1.65. The van der Waals surface area contributed by atoms with Crippen molar-refractivity contribution in [3.63, 3.8) is 0 Å². The van der Waals surface area contributed by atoms with Gasteiger partial charge in [-0.2, -0.15) is 0 Å². The Bertz CT molecular complexity index is 669. The SMILES string of the molecule is CN(C)C(CNC(=O)CCC(=O)c1ccc(F)cc1)c1cccs1. The average Bonchev–Trinajstić information content (AvgIpc) is 3.07. The highest BCUT2D eigenvalue weighted by atomic mass is 32.1. The van der Waals surface area contributed by atoms with Crippen molar-refractivity contribution in [1.82, 2.24) is 10.2 Å². The molecule has 4 nitrogen and oxygen atoms in total. The molecule has 0 saturated carbocycles. The lowest BCUT2D eigenvalue weighted by atomic mass is 10.1. The van der Waals surface area contributed by atoms with Crippen LogP contribution in [0, 0.1) is 5.82 Å². The molecule has 1 heterocycles. The van der Waals surface area contributed by atoms with Crippen LogP contribution in [-0.2, 0) is 4.79 Å². The largest absolute Gasteiger partial charge is 0.354 e. The van der Waals surface area contributed by atoms with E-state index >= 15 is 0 Å². The molecular weight excluding hydrogens is 327 g/mol. The number of likely N-dealkylation sites (N-methyl/N-ethyl adjacent to an activating group) is 1. The monoisotopic (exact) mass is 348 g/mol. The van der Waals surface area contributed by atoms with Gasteiger partial charge in [0.05, 0.1) is 6.04 Å². The molecule has 1 aromatic heterocycles. The maximum absolute atomic E-state index is 12.8. The number of Topliss-reactive ketones (excluding diaryl/α,β-unsaturated/α-hetero) is 1. The predicted octanol–water partition coefficient (Wildman–Crippen LogP) is 3.27. The topological polar surface area (TPSA) is 49.4 Å². The molecule has 1 N–H and O–H groups in total. The Balaban J connectivity index is 1.80. The summed E-state index contributed by atoms with van der Waals surface area (Å²) in [6.45, 7) is 0.497. The molecule has 0 radical (unpaired) electrons. The fourth-order valence-corrected chi connectivity index (χ4v) is 3.25. The zero-order chi connectivity index (χ0) is 17.5. The number of hydrogen-bond donors (Lipinski definition) is 1. The molecule has 0 spiro atoms. The van der Waals surface area contributed by atoms with E-state index in [9.17, 15) is 14.0 Å². The highest BCUT2D eigenvalue weighted by Gasteiger charge is 2.16. The Kier molecular flexibility index (Phi) is 6.63. The van der Waals surface area contributed by atoms with Crippen molar-refractivity contribution in [2.24, 2.45) is 0 Å². The van der Waals surface area contributed by atoms with Gasteiger partial charge in [0.15, 0.2) is 5.78 Å². The minimum Gasteiger partial charge on any atom is -0.354 e. The molecule has 0 fully saturated rings. The number of thiophene rings is 1. The average molecular weight is 348 g/mol. The van der Waals surface area contributed by atoms with Crippen molar-refractivity contribution < 1.29 is 14.0 Å². The Morgan fingerprint density at radius 1 is 1.17 bits per heavy atom. The normalized spacial score (nSPS) is 12.2. The molecule has 1 aromatic carbocycles. The van der Waals surface area contributed by atoms with Crippen LogP contribution in [0.1, 0.15) is 34.1 Å². The van der Waals surface area contributed by atoms with Gasteiger partial charge in [-0.25, -0.2) is 4.39 Å². The highest BCUT2D eigenvalue weighted by Crippen LogP contribution is 2.22. The molecule has 0 aliphatic carbocycles. The second kappa shape index (κ2) is 8.70. The number of hydrogen-bond acceptors (Lipinski definition) is 4. The first-order chi connectivity index (χ1) is 11.5. The van der Waals surface area contributed by atoms with Crippen molar-refractivity contribution in [3.8, 4) is 0 Å². The third-order valence-corrected chi connectivity index (χ3v) is 4.71. The van der Waals surface area contributed by atoms with Gasteiger partial charge >= 0.3 is 0 Å². The van der Waals surface area contributed by atoms with E-state index in [1.54, 1.807) is 11.3 Å². The molecule has 24 heavy (non-hydrogen) atoms. The van der Waals surface area contributed by atoms with E-state index in [1.165, 1.54) is 29.1 Å². The highest BCUT2D eigenvalue weighted by molar-refractivity contribution is 7.10. The van der Waals surface area contributed by atoms with Crippen molar-refractivity contribution in [2.45, 2.75) is 18.9 Å². The lowest BCUT2D eigenvalue weighted by Crippen LogP contribution is -2.34. The zero-order valence-electron chi connectivity index (χ0n) is 13.8. The van der Waals surface area contributed by atoms with Gasteiger partial charge in [0.25, 0.3) is 0 Å². The predicted molar refractivity (Wildman–Crippen MR) is 93.7 cm³/mol. The number of halogens is 1. The number of carbonyl (C=O) groups excluding carboxylic acids is 2. The van der Waals surface area contributed by atoms with E-state index in [2.05, 4.69) is 10.2 Å². The van der Waals surface area contributed by atoms with E-state index in [0.29, 0.717) is 12.1 Å². The second-order valence-corrected chi connectivity index (χ2v) is 6.71. The molecule has 0 saturated heterocycles. The number of nitrogens with one attached hydrogen (secondary N) is 1. The van der Waals surface area contributed by atoms with Crippen LogP contribution in [0.2, 0.25) is 0 Å². The zero-order valence-corrected chi connectivity index (χ0v) is 14.6. The summed E-state index contributed by atoms with van der Waals surface area (Å²) in [7, 11) is 3.93.